The largest absolute Gasteiger partial charge is 0.391 e. The molecular formula is C47H68N8O6S. The number of nitrogens with one attached hydrogen (secondary N) is 4. The number of piperazine rings is 1. The Morgan fingerprint density at radius 3 is 2.13 bits per heavy atom. The van der Waals surface area contributed by atoms with Gasteiger partial charge in [0.25, 0.3) is 5.91 Å². The molecule has 2 aliphatic heterocycles. The zero-order chi connectivity index (χ0) is 44.8. The van der Waals surface area contributed by atoms with Crippen LogP contribution in [0.1, 0.15) is 126 Å². The number of nitrogens with zero attached hydrogens (tertiary/aromatic N) is 4. The van der Waals surface area contributed by atoms with E-state index in [1.807, 2.05) is 100 Å². The number of rotatable bonds is 20. The molecule has 338 valence electrons. The number of aromatic nitrogens is 1. The van der Waals surface area contributed by atoms with E-state index in [0.717, 1.165) is 79.0 Å². The molecule has 5 rings (SSSR count). The van der Waals surface area contributed by atoms with E-state index in [-0.39, 0.29) is 55.0 Å². The van der Waals surface area contributed by atoms with Crippen molar-refractivity contribution in [1.29, 1.82) is 0 Å². The first-order valence-corrected chi connectivity index (χ1v) is 23.3. The molecule has 2 saturated heterocycles. The summed E-state index contributed by atoms with van der Waals surface area (Å²) in [6.07, 6.45) is 6.27. The summed E-state index contributed by atoms with van der Waals surface area (Å²) in [7, 11) is 0. The Labute approximate surface area is 371 Å². The van der Waals surface area contributed by atoms with Gasteiger partial charge < -0.3 is 30.4 Å². The number of hydrogen-bond acceptors (Lipinski definition) is 10. The van der Waals surface area contributed by atoms with Crippen molar-refractivity contribution in [3.63, 3.8) is 0 Å². The standard InChI is InChI=1S/C47H68N8O6S/c1-7-24-49-52-44(59)36-20-22-37(23-21-36)53-25-27-54(28-26-53)41(58)15-13-11-9-8-10-12-14-40(57)51-43(47(4,5)6)46(61)55-30-38(56)29-39(55)45(60)50-32(2)34-16-18-35(19-17-34)42-33(3)48-31-62-42/h16-23,31-32,38-39,43,49,56H,7-15,24-30H2,1-6H3,(H,50,60)(H,51,57)(H,52,59)/t32-,38+,39-,43+/m0/s1. The highest BCUT2D eigenvalue weighted by Gasteiger charge is 2.44. The maximum Gasteiger partial charge on any atom is 0.265 e. The second-order valence-electron chi connectivity index (χ2n) is 17.8. The lowest BCUT2D eigenvalue weighted by atomic mass is 9.85. The average molecular weight is 873 g/mol. The van der Waals surface area contributed by atoms with E-state index in [1.165, 1.54) is 4.90 Å². The summed E-state index contributed by atoms with van der Waals surface area (Å²) in [5.41, 5.74) is 11.4. The maximum absolute atomic E-state index is 14.1. The van der Waals surface area contributed by atoms with E-state index in [2.05, 4.69) is 31.4 Å². The van der Waals surface area contributed by atoms with Crippen molar-refractivity contribution in [2.24, 2.45) is 5.41 Å². The molecule has 5 N–H and O–H groups in total. The Morgan fingerprint density at radius 1 is 0.871 bits per heavy atom. The first-order chi connectivity index (χ1) is 29.7. The number of benzene rings is 2. The van der Waals surface area contributed by atoms with Crippen LogP contribution in [0.5, 0.6) is 0 Å². The van der Waals surface area contributed by atoms with Gasteiger partial charge in [0.15, 0.2) is 0 Å². The van der Waals surface area contributed by atoms with Gasteiger partial charge in [-0.05, 0) is 73.9 Å². The number of carbonyl (C=O) groups is 5. The number of carbonyl (C=O) groups excluding carboxylic acids is 5. The third kappa shape index (κ3) is 13.6. The van der Waals surface area contributed by atoms with Crippen LogP contribution in [0.4, 0.5) is 5.69 Å². The number of β-amino-alcohol motifs (C(OH)–C–C–N with tert-alkyl or cyclic N) is 1. The van der Waals surface area contributed by atoms with E-state index < -0.39 is 23.6 Å². The molecule has 1 aromatic heterocycles. The number of amides is 5. The third-order valence-corrected chi connectivity index (χ3v) is 12.8. The van der Waals surface area contributed by atoms with Gasteiger partial charge in [-0.1, -0.05) is 77.6 Å². The molecule has 14 nitrogen and oxygen atoms in total. The number of hydrazine groups is 1. The molecule has 3 aromatic rings. The first kappa shape index (κ1) is 48.2. The number of aliphatic hydroxyl groups is 1. The van der Waals surface area contributed by atoms with Crippen LogP contribution < -0.4 is 26.4 Å². The number of aryl methyl sites for hydroxylation is 1. The lowest BCUT2D eigenvalue weighted by molar-refractivity contribution is -0.144. The second-order valence-corrected chi connectivity index (χ2v) is 18.7. The SMILES string of the molecule is CCCNNC(=O)c1ccc(N2CCN(C(=O)CCCCCCCCC(=O)N[C@H](C(=O)N3C[C@H](O)C[C@H]3C(=O)N[C@@H](C)c3ccc(-c4scnc4C)cc3)C(C)(C)C)CC2)cc1. The first-order valence-electron chi connectivity index (χ1n) is 22.4. The van der Waals surface area contributed by atoms with Crippen LogP contribution in [0.2, 0.25) is 0 Å². The maximum atomic E-state index is 14.1. The molecule has 2 aromatic carbocycles. The quantitative estimate of drug-likeness (QED) is 0.0684. The van der Waals surface area contributed by atoms with E-state index >= 15 is 0 Å². The third-order valence-electron chi connectivity index (χ3n) is 11.8. The van der Waals surface area contributed by atoms with Gasteiger partial charge in [-0.2, -0.15) is 0 Å². The second kappa shape index (κ2) is 23.0. The molecule has 0 bridgehead atoms. The lowest BCUT2D eigenvalue weighted by Gasteiger charge is -2.36. The summed E-state index contributed by atoms with van der Waals surface area (Å²) in [5.74, 6) is -0.895. The van der Waals surface area contributed by atoms with Gasteiger partial charge in [0.2, 0.25) is 23.6 Å². The van der Waals surface area contributed by atoms with Crippen molar-refractivity contribution in [2.75, 3.05) is 44.2 Å². The van der Waals surface area contributed by atoms with E-state index in [9.17, 15) is 29.1 Å². The highest BCUT2D eigenvalue weighted by atomic mass is 32.1. The molecule has 0 saturated carbocycles. The van der Waals surface area contributed by atoms with Gasteiger partial charge in [-0.25, -0.2) is 10.4 Å². The molecule has 15 heteroatoms. The summed E-state index contributed by atoms with van der Waals surface area (Å²) in [6, 6.07) is 13.5. The van der Waals surface area contributed by atoms with Crippen molar-refractivity contribution in [3.05, 3.63) is 70.9 Å². The van der Waals surface area contributed by atoms with Crippen LogP contribution >= 0.6 is 11.3 Å². The Bertz CT molecular complexity index is 1940. The van der Waals surface area contributed by atoms with E-state index in [4.69, 9.17) is 0 Å². The molecule has 0 unspecified atom stereocenters. The number of anilines is 1. The summed E-state index contributed by atoms with van der Waals surface area (Å²) in [5, 5.41) is 16.6. The fourth-order valence-corrected chi connectivity index (χ4v) is 8.86. The van der Waals surface area contributed by atoms with Crippen molar-refractivity contribution in [1.82, 2.24) is 36.3 Å². The normalized spacial score (nSPS) is 17.7. The molecular weight excluding hydrogens is 805 g/mol. The zero-order valence-corrected chi connectivity index (χ0v) is 38.3. The monoisotopic (exact) mass is 872 g/mol. The van der Waals surface area contributed by atoms with Gasteiger partial charge in [-0.15, -0.1) is 11.3 Å². The zero-order valence-electron chi connectivity index (χ0n) is 37.5. The van der Waals surface area contributed by atoms with Crippen molar-refractivity contribution < 1.29 is 29.1 Å². The van der Waals surface area contributed by atoms with Crippen LogP contribution in [0.25, 0.3) is 10.4 Å². The van der Waals surface area contributed by atoms with Gasteiger partial charge in [0, 0.05) is 69.8 Å². The number of thiazole rings is 1. The fourth-order valence-electron chi connectivity index (χ4n) is 8.05. The fraction of sp³-hybridized carbons (Fsp3) is 0.574. The van der Waals surface area contributed by atoms with E-state index in [0.29, 0.717) is 38.0 Å². The Balaban J connectivity index is 0.976. The Kier molecular flexibility index (Phi) is 17.9. The predicted molar refractivity (Wildman–Crippen MR) is 244 cm³/mol. The molecule has 0 spiro atoms. The minimum atomic E-state index is -0.865. The smallest absolute Gasteiger partial charge is 0.265 e. The highest BCUT2D eigenvalue weighted by molar-refractivity contribution is 7.13. The lowest BCUT2D eigenvalue weighted by Crippen LogP contribution is -2.57. The van der Waals surface area contributed by atoms with E-state index in [1.54, 1.807) is 11.3 Å². The topological polar surface area (TPSA) is 176 Å². The van der Waals surface area contributed by atoms with Crippen LogP contribution in [0.3, 0.4) is 0 Å². The van der Waals surface area contributed by atoms with Crippen LogP contribution in [0, 0.1) is 12.3 Å². The van der Waals surface area contributed by atoms with Gasteiger partial charge >= 0.3 is 0 Å². The van der Waals surface area contributed by atoms with Crippen molar-refractivity contribution in [2.45, 2.75) is 130 Å². The summed E-state index contributed by atoms with van der Waals surface area (Å²) >= 11 is 1.58. The molecule has 2 aliphatic rings. The highest BCUT2D eigenvalue weighted by Crippen LogP contribution is 2.30. The molecule has 2 fully saturated rings. The van der Waals surface area contributed by atoms with Gasteiger partial charge in [0.1, 0.15) is 12.1 Å². The number of unbranched alkanes of at least 4 members (excludes halogenated alkanes) is 5. The van der Waals surface area contributed by atoms with Crippen LogP contribution in [0.15, 0.2) is 54.0 Å². The minimum absolute atomic E-state index is 0.0227. The molecule has 0 radical (unpaired) electrons. The van der Waals surface area contributed by atoms with Crippen LogP contribution in [-0.2, 0) is 19.2 Å². The average Bonchev–Trinajstić information content (AvgIpc) is 3.88. The minimum Gasteiger partial charge on any atom is -0.391 e. The number of aliphatic hydroxyl groups excluding tert-OH is 1. The van der Waals surface area contributed by atoms with Crippen molar-refractivity contribution in [3.8, 4) is 10.4 Å². The molecule has 4 atom stereocenters. The summed E-state index contributed by atoms with van der Waals surface area (Å²) < 4.78 is 0. The van der Waals surface area contributed by atoms with Gasteiger partial charge in [-0.3, -0.25) is 29.4 Å². The summed E-state index contributed by atoms with van der Waals surface area (Å²) in [6.45, 7) is 15.1. The Morgan fingerprint density at radius 2 is 1.52 bits per heavy atom. The number of hydrogen-bond donors (Lipinski definition) is 5. The van der Waals surface area contributed by atoms with Crippen molar-refractivity contribution >= 4 is 46.6 Å². The predicted octanol–water partition coefficient (Wildman–Crippen LogP) is 5.90. The molecule has 62 heavy (non-hydrogen) atoms. The van der Waals surface area contributed by atoms with Gasteiger partial charge in [0.05, 0.1) is 28.2 Å². The molecule has 3 heterocycles. The molecule has 5 amide bonds. The summed E-state index contributed by atoms with van der Waals surface area (Å²) in [4.78, 5) is 77.1. The molecule has 0 aliphatic carbocycles. The van der Waals surface area contributed by atoms with Crippen LogP contribution in [-0.4, -0.2) is 107 Å². The number of likely N-dealkylation sites (tertiary alicyclic amines) is 1. The Hall–Kier alpha value is -4.86.